The Hall–Kier alpha value is -4.15. The number of nitrogens with zero attached hydrogens (tertiary/aromatic N) is 5. The second-order valence-electron chi connectivity index (χ2n) is 10.0. The third-order valence-corrected chi connectivity index (χ3v) is 7.93. The van der Waals surface area contributed by atoms with Crippen molar-refractivity contribution >= 4 is 28.4 Å². The quantitative estimate of drug-likeness (QED) is 0.485. The number of benzene rings is 1. The highest BCUT2D eigenvalue weighted by Crippen LogP contribution is 2.62. The lowest BCUT2D eigenvalue weighted by atomic mass is 9.66. The predicted molar refractivity (Wildman–Crippen MR) is 126 cm³/mol. The summed E-state index contributed by atoms with van der Waals surface area (Å²) in [5.74, 6) is -3.34. The second-order valence-corrected chi connectivity index (χ2v) is 10.0. The maximum Gasteiger partial charge on any atom is 0.433 e. The number of alkyl halides is 3. The van der Waals surface area contributed by atoms with Gasteiger partial charge in [0.25, 0.3) is 0 Å². The first-order valence-corrected chi connectivity index (χ1v) is 12.1. The molecule has 0 spiro atoms. The van der Waals surface area contributed by atoms with Crippen LogP contribution in [0.5, 0.6) is 5.88 Å². The van der Waals surface area contributed by atoms with Crippen molar-refractivity contribution in [3.63, 3.8) is 0 Å². The van der Waals surface area contributed by atoms with Gasteiger partial charge in [-0.2, -0.15) is 18.4 Å². The fourth-order valence-electron chi connectivity index (χ4n) is 6.21. The molecule has 13 heteroatoms. The molecule has 1 N–H and O–H groups in total. The SMILES string of the molecule is C[C@]12O[C@](CCOc3cc(C(F)(F)F)ncn3)(C[C@@H]1O)[C@H]1C(=O)N(c3ccc(C#N)c4ncccc34)C(=O)[C@H]12. The largest absolute Gasteiger partial charge is 0.477 e. The topological polar surface area (TPSA) is 139 Å². The zero-order valence-corrected chi connectivity index (χ0v) is 20.3. The van der Waals surface area contributed by atoms with Gasteiger partial charge in [0, 0.05) is 30.5 Å². The summed E-state index contributed by atoms with van der Waals surface area (Å²) in [5.41, 5.74) is -2.92. The van der Waals surface area contributed by atoms with Crippen molar-refractivity contribution < 1.29 is 37.3 Å². The van der Waals surface area contributed by atoms with E-state index in [1.807, 2.05) is 0 Å². The Morgan fingerprint density at radius 1 is 1.21 bits per heavy atom. The van der Waals surface area contributed by atoms with Gasteiger partial charge in [0.15, 0.2) is 5.69 Å². The number of aliphatic hydroxyl groups excluding tert-OH is 1. The first kappa shape index (κ1) is 25.1. The van der Waals surface area contributed by atoms with Crippen LogP contribution < -0.4 is 9.64 Å². The molecule has 3 fully saturated rings. The Balaban J connectivity index is 1.32. The molecule has 3 aliphatic heterocycles. The molecule has 2 bridgehead atoms. The Morgan fingerprint density at radius 3 is 2.72 bits per heavy atom. The molecular weight excluding hydrogens is 519 g/mol. The molecule has 39 heavy (non-hydrogen) atoms. The summed E-state index contributed by atoms with van der Waals surface area (Å²) in [4.78, 5) is 39.9. The highest BCUT2D eigenvalue weighted by atomic mass is 19.4. The number of ether oxygens (including phenoxy) is 2. The summed E-state index contributed by atoms with van der Waals surface area (Å²) in [7, 11) is 0. The molecule has 5 atom stereocenters. The van der Waals surface area contributed by atoms with Crippen molar-refractivity contribution in [3.05, 3.63) is 54.1 Å². The summed E-state index contributed by atoms with van der Waals surface area (Å²) in [6, 6.07) is 9.02. The minimum Gasteiger partial charge on any atom is -0.477 e. The Bertz CT molecular complexity index is 1580. The number of hydrogen-bond donors (Lipinski definition) is 1. The summed E-state index contributed by atoms with van der Waals surface area (Å²) in [6.07, 6.45) is -3.45. The summed E-state index contributed by atoms with van der Waals surface area (Å²) in [5, 5.41) is 20.8. The normalized spacial score (nSPS) is 29.6. The van der Waals surface area contributed by atoms with Crippen molar-refractivity contribution in [3.8, 4) is 11.9 Å². The van der Waals surface area contributed by atoms with Gasteiger partial charge in [-0.25, -0.2) is 14.9 Å². The Kier molecular flexibility index (Phi) is 5.43. The van der Waals surface area contributed by atoms with Gasteiger partial charge in [-0.15, -0.1) is 0 Å². The van der Waals surface area contributed by atoms with Gasteiger partial charge in [-0.05, 0) is 31.2 Å². The summed E-state index contributed by atoms with van der Waals surface area (Å²) >= 11 is 0. The van der Waals surface area contributed by atoms with E-state index in [4.69, 9.17) is 9.47 Å². The van der Waals surface area contributed by atoms with E-state index < -0.39 is 52.8 Å². The minimum atomic E-state index is -4.68. The van der Waals surface area contributed by atoms with E-state index in [0.717, 1.165) is 11.2 Å². The predicted octanol–water partition coefficient (Wildman–Crippen LogP) is 2.78. The molecule has 2 aromatic heterocycles. The highest BCUT2D eigenvalue weighted by Gasteiger charge is 2.77. The number of aliphatic hydroxyl groups is 1. The summed E-state index contributed by atoms with van der Waals surface area (Å²) in [6.45, 7) is 1.39. The molecular formula is C26H20F3N5O5. The second kappa shape index (κ2) is 8.42. The number of halogens is 3. The summed E-state index contributed by atoms with van der Waals surface area (Å²) < 4.78 is 50.7. The number of anilines is 1. The lowest BCUT2D eigenvalue weighted by molar-refractivity contribution is -0.141. The van der Waals surface area contributed by atoms with Crippen molar-refractivity contribution in [1.82, 2.24) is 15.0 Å². The maximum atomic E-state index is 13.9. The zero-order valence-electron chi connectivity index (χ0n) is 20.3. The average Bonchev–Trinajstić information content (AvgIpc) is 3.44. The van der Waals surface area contributed by atoms with Crippen LogP contribution in [0.4, 0.5) is 18.9 Å². The van der Waals surface area contributed by atoms with Crippen LogP contribution in [0.15, 0.2) is 42.9 Å². The van der Waals surface area contributed by atoms with Crippen LogP contribution in [0.3, 0.4) is 0 Å². The van der Waals surface area contributed by atoms with Crippen LogP contribution in [0, 0.1) is 23.2 Å². The van der Waals surface area contributed by atoms with E-state index in [0.29, 0.717) is 17.0 Å². The lowest BCUT2D eigenvalue weighted by Gasteiger charge is -2.33. The molecule has 3 aliphatic rings. The highest BCUT2D eigenvalue weighted by molar-refractivity contribution is 6.26. The van der Waals surface area contributed by atoms with Gasteiger partial charge in [0.05, 0.1) is 46.9 Å². The van der Waals surface area contributed by atoms with Crippen LogP contribution in [0.2, 0.25) is 0 Å². The zero-order chi connectivity index (χ0) is 27.7. The van der Waals surface area contributed by atoms with Crippen molar-refractivity contribution in [2.24, 2.45) is 11.8 Å². The number of imide groups is 1. The van der Waals surface area contributed by atoms with E-state index in [9.17, 15) is 33.1 Å². The number of carbonyl (C=O) groups excluding carboxylic acids is 2. The van der Waals surface area contributed by atoms with Gasteiger partial charge in [0.1, 0.15) is 18.0 Å². The van der Waals surface area contributed by atoms with E-state index in [-0.39, 0.29) is 36.6 Å². The monoisotopic (exact) mass is 539 g/mol. The van der Waals surface area contributed by atoms with Gasteiger partial charge >= 0.3 is 6.18 Å². The van der Waals surface area contributed by atoms with Crippen LogP contribution in [0.25, 0.3) is 10.9 Å². The molecule has 5 heterocycles. The van der Waals surface area contributed by atoms with Crippen LogP contribution in [-0.4, -0.2) is 55.8 Å². The molecule has 200 valence electrons. The number of aromatic nitrogens is 3. The maximum absolute atomic E-state index is 13.9. The fourth-order valence-corrected chi connectivity index (χ4v) is 6.21. The van der Waals surface area contributed by atoms with Gasteiger partial charge < -0.3 is 14.6 Å². The van der Waals surface area contributed by atoms with Gasteiger partial charge in [-0.3, -0.25) is 14.6 Å². The molecule has 0 radical (unpaired) electrons. The first-order chi connectivity index (χ1) is 18.5. The standard InChI is InChI=1S/C26H20F3N5O5/c1-24-17(35)10-25(39-24,6-8-38-18-9-16(26(27,28)29)32-12-33-18)20-19(24)22(36)34(23(20)37)15-5-4-13(11-30)21-14(15)3-2-7-31-21/h2-5,7,9,12,17,19-20,35H,6,8,10H2,1H3/t17-,19-,20+,24-,25+/m0/s1. The molecule has 0 saturated carbocycles. The number of fused-ring (bicyclic) bond motifs is 6. The number of hydrogen-bond acceptors (Lipinski definition) is 9. The van der Waals surface area contributed by atoms with E-state index >= 15 is 0 Å². The molecule has 0 unspecified atom stereocenters. The van der Waals surface area contributed by atoms with Gasteiger partial charge in [0.2, 0.25) is 17.7 Å². The number of rotatable bonds is 5. The third-order valence-electron chi connectivity index (χ3n) is 7.93. The Labute approximate surface area is 219 Å². The average molecular weight is 539 g/mol. The first-order valence-electron chi connectivity index (χ1n) is 12.1. The number of amides is 2. The van der Waals surface area contributed by atoms with E-state index in [1.54, 1.807) is 19.1 Å². The number of pyridine rings is 1. The molecule has 2 amide bonds. The molecule has 1 aromatic carbocycles. The number of nitriles is 1. The van der Waals surface area contributed by atoms with Gasteiger partial charge in [-0.1, -0.05) is 0 Å². The number of carbonyl (C=O) groups is 2. The lowest BCUT2D eigenvalue weighted by Crippen LogP contribution is -2.49. The van der Waals surface area contributed by atoms with E-state index in [1.165, 1.54) is 18.3 Å². The minimum absolute atomic E-state index is 0.00864. The van der Waals surface area contributed by atoms with Crippen LogP contribution in [-0.2, 0) is 20.5 Å². The molecule has 3 aromatic rings. The van der Waals surface area contributed by atoms with Crippen LogP contribution in [0.1, 0.15) is 31.0 Å². The third kappa shape index (κ3) is 3.59. The van der Waals surface area contributed by atoms with Crippen molar-refractivity contribution in [2.75, 3.05) is 11.5 Å². The van der Waals surface area contributed by atoms with Crippen LogP contribution >= 0.6 is 0 Å². The Morgan fingerprint density at radius 2 is 1.97 bits per heavy atom. The smallest absolute Gasteiger partial charge is 0.433 e. The van der Waals surface area contributed by atoms with E-state index in [2.05, 4.69) is 21.0 Å². The molecule has 3 saturated heterocycles. The molecule has 10 nitrogen and oxygen atoms in total. The van der Waals surface area contributed by atoms with Crippen molar-refractivity contribution in [2.45, 2.75) is 43.2 Å². The molecule has 0 aliphatic carbocycles. The fraction of sp³-hybridized carbons (Fsp3) is 0.385. The van der Waals surface area contributed by atoms with Crippen molar-refractivity contribution in [1.29, 1.82) is 5.26 Å². The molecule has 6 rings (SSSR count).